The largest absolute Gasteiger partial charge is 0.296 e. The van der Waals surface area contributed by atoms with Crippen LogP contribution in [0.5, 0.6) is 0 Å². The van der Waals surface area contributed by atoms with Crippen molar-refractivity contribution in [1.29, 1.82) is 0 Å². The Morgan fingerprint density at radius 3 is 3.36 bits per heavy atom. The first kappa shape index (κ1) is 2.73. The van der Waals surface area contributed by atoms with Gasteiger partial charge in [-0.15, -0.1) is 0 Å². The predicted molar refractivity (Wildman–Crippen MR) is 38.5 cm³/mol. The van der Waals surface area contributed by atoms with Crippen LogP contribution in [0.2, 0.25) is 1.41 Å². The minimum absolute atomic E-state index is 0.0264. The summed E-state index contributed by atoms with van der Waals surface area (Å²) >= 11 is 0. The van der Waals surface area contributed by atoms with Crippen molar-refractivity contribution in [3.63, 3.8) is 0 Å². The van der Waals surface area contributed by atoms with Crippen molar-refractivity contribution < 1.29 is 17.9 Å². The van der Waals surface area contributed by atoms with E-state index in [9.17, 15) is 9.59 Å². The number of fused-ring (bicyclic) bond motifs is 1. The quantitative estimate of drug-likeness (QED) is 0.404. The smallest absolute Gasteiger partial charge is 0.230 e. The molecule has 0 radical (unpaired) electrons. The number of carbonyl (C=O) groups excluding carboxylic acids is 2. The molecule has 1 heterocycles. The highest BCUT2D eigenvalue weighted by Gasteiger charge is 2.40. The molecule has 0 spiro atoms. The zero-order valence-electron chi connectivity index (χ0n) is 11.5. The van der Waals surface area contributed by atoms with Gasteiger partial charge in [-0.25, -0.2) is 0 Å². The SMILES string of the molecule is [2H]C1=C([2H])C([2H])([2H])C2([2H])C(=O)N([2H])C(=O)C2C1. The van der Waals surface area contributed by atoms with Gasteiger partial charge in [0.25, 0.3) is 0 Å². The van der Waals surface area contributed by atoms with E-state index in [1.807, 2.05) is 0 Å². The van der Waals surface area contributed by atoms with Crippen molar-refractivity contribution in [1.82, 2.24) is 5.31 Å². The predicted octanol–water partition coefficient (Wildman–Crippen LogP) is 0.225. The Hall–Kier alpha value is -1.12. The molecule has 2 amide bonds. The van der Waals surface area contributed by atoms with Crippen LogP contribution in [0.4, 0.5) is 0 Å². The van der Waals surface area contributed by atoms with Crippen molar-refractivity contribution in [2.75, 3.05) is 0 Å². The zero-order chi connectivity index (χ0) is 13.2. The first-order valence-corrected chi connectivity index (χ1v) is 3.19. The van der Waals surface area contributed by atoms with Gasteiger partial charge in [-0.2, -0.15) is 0 Å². The third kappa shape index (κ3) is 0.878. The number of carbonyl (C=O) groups is 2. The molecule has 3 nitrogen and oxygen atoms in total. The molecule has 1 aliphatic carbocycles. The second kappa shape index (κ2) is 2.19. The van der Waals surface area contributed by atoms with E-state index >= 15 is 0 Å². The van der Waals surface area contributed by atoms with Gasteiger partial charge in [-0.1, -0.05) is 12.1 Å². The molecule has 1 aliphatic heterocycles. The number of hydrogen-bond donors (Lipinski definition) is 1. The van der Waals surface area contributed by atoms with Crippen molar-refractivity contribution in [3.8, 4) is 0 Å². The molecular weight excluding hydrogens is 142 g/mol. The van der Waals surface area contributed by atoms with E-state index in [4.69, 9.17) is 8.27 Å². The van der Waals surface area contributed by atoms with Crippen molar-refractivity contribution in [2.24, 2.45) is 11.8 Å². The molecule has 0 saturated carbocycles. The molecule has 1 fully saturated rings. The van der Waals surface area contributed by atoms with Crippen LogP contribution < -0.4 is 5.31 Å². The Kier molecular flexibility index (Phi) is 0.544. The summed E-state index contributed by atoms with van der Waals surface area (Å²) in [5, 5.41) is -0.0264. The fourth-order valence-corrected chi connectivity index (χ4v) is 1.11. The molecule has 0 aromatic rings. The Balaban J connectivity index is 2.67. The Morgan fingerprint density at radius 2 is 2.55 bits per heavy atom. The molecule has 0 aromatic carbocycles. The van der Waals surface area contributed by atoms with Gasteiger partial charge < -0.3 is 0 Å². The minimum atomic E-state index is -2.73. The maximum Gasteiger partial charge on any atom is 0.230 e. The lowest BCUT2D eigenvalue weighted by atomic mass is 9.85. The highest BCUT2D eigenvalue weighted by Crippen LogP contribution is 2.29. The normalized spacial score (nSPS) is 57.1. The summed E-state index contributed by atoms with van der Waals surface area (Å²) in [6.07, 6.45) is -3.07. The van der Waals surface area contributed by atoms with Gasteiger partial charge in [0.15, 0.2) is 1.41 Å². The number of nitrogens with one attached hydrogen (secondary N) is 1. The minimum Gasteiger partial charge on any atom is -0.296 e. The first-order chi connectivity index (χ1) is 7.65. The first-order valence-electron chi connectivity index (χ1n) is 6.14. The molecule has 1 saturated heterocycles. The molecule has 11 heavy (non-hydrogen) atoms. The van der Waals surface area contributed by atoms with Gasteiger partial charge in [0.1, 0.15) is 0 Å². The summed E-state index contributed by atoms with van der Waals surface area (Å²) in [4.78, 5) is 23.2. The van der Waals surface area contributed by atoms with Crippen LogP contribution in [0.1, 0.15) is 19.6 Å². The average Bonchev–Trinajstić information content (AvgIpc) is 2.43. The number of hydrogen-bond acceptors (Lipinski definition) is 2. The van der Waals surface area contributed by atoms with E-state index in [2.05, 4.69) is 0 Å². The van der Waals surface area contributed by atoms with Crippen LogP contribution in [0.25, 0.3) is 0 Å². The second-order valence-electron chi connectivity index (χ2n) is 2.35. The average molecular weight is 157 g/mol. The second-order valence-corrected chi connectivity index (χ2v) is 2.35. The molecule has 3 heteroatoms. The van der Waals surface area contributed by atoms with Gasteiger partial charge >= 0.3 is 0 Å². The summed E-state index contributed by atoms with van der Waals surface area (Å²) in [6, 6.07) is -1.17. The van der Waals surface area contributed by atoms with Crippen molar-refractivity contribution in [2.45, 2.75) is 12.8 Å². The highest BCUT2D eigenvalue weighted by molar-refractivity contribution is 6.05. The molecule has 2 atom stereocenters. The molecule has 58 valence electrons. The van der Waals surface area contributed by atoms with Crippen LogP contribution in [-0.2, 0) is 9.59 Å². The van der Waals surface area contributed by atoms with Crippen molar-refractivity contribution >= 4 is 11.8 Å². The molecule has 2 aliphatic rings. The summed E-state index contributed by atoms with van der Waals surface area (Å²) in [5.74, 6) is -6.13. The maximum atomic E-state index is 11.7. The summed E-state index contributed by atoms with van der Waals surface area (Å²) in [5.41, 5.74) is 0. The lowest BCUT2D eigenvalue weighted by Crippen LogP contribution is -2.21. The van der Waals surface area contributed by atoms with E-state index in [-0.39, 0.29) is 11.7 Å². The fraction of sp³-hybridized carbons (Fsp3) is 0.500. The maximum absolute atomic E-state index is 11.7. The van der Waals surface area contributed by atoms with E-state index in [1.54, 1.807) is 0 Å². The monoisotopic (exact) mass is 157 g/mol. The van der Waals surface area contributed by atoms with Crippen LogP contribution >= 0.6 is 0 Å². The van der Waals surface area contributed by atoms with Gasteiger partial charge in [-0.05, 0) is 12.8 Å². The van der Waals surface area contributed by atoms with Gasteiger partial charge in [0.05, 0.1) is 14.6 Å². The van der Waals surface area contributed by atoms with E-state index < -0.39 is 42.1 Å². The van der Waals surface area contributed by atoms with Crippen LogP contribution in [0.3, 0.4) is 0 Å². The third-order valence-electron chi connectivity index (χ3n) is 1.68. The third-order valence-corrected chi connectivity index (χ3v) is 1.68. The molecule has 2 unspecified atom stereocenters. The van der Waals surface area contributed by atoms with Crippen molar-refractivity contribution in [3.05, 3.63) is 12.1 Å². The lowest BCUT2D eigenvalue weighted by molar-refractivity contribution is -0.126. The Bertz CT molecular complexity index is 461. The lowest BCUT2D eigenvalue weighted by Gasteiger charge is -2.14. The van der Waals surface area contributed by atoms with E-state index in [0.717, 1.165) is 0 Å². The number of imide groups is 1. The molecule has 1 N–H and O–H groups in total. The van der Waals surface area contributed by atoms with Gasteiger partial charge in [0, 0.05) is 4.11 Å². The number of allylic oxidation sites excluding steroid dienone is 2. The summed E-state index contributed by atoms with van der Waals surface area (Å²) < 4.78 is 45.2. The number of rotatable bonds is 0. The summed E-state index contributed by atoms with van der Waals surface area (Å²) in [7, 11) is 0. The van der Waals surface area contributed by atoms with Crippen LogP contribution in [0, 0.1) is 11.8 Å². The highest BCUT2D eigenvalue weighted by atomic mass is 16.2. The van der Waals surface area contributed by atoms with Crippen LogP contribution in [-0.4, -0.2) is 11.8 Å². The van der Waals surface area contributed by atoms with Gasteiger partial charge in [0.2, 0.25) is 11.8 Å². The zero-order valence-corrected chi connectivity index (χ0v) is 5.55. The topological polar surface area (TPSA) is 46.2 Å². The van der Waals surface area contributed by atoms with E-state index in [0.29, 0.717) is 0 Å². The standard InChI is InChI=1S/C8H9NO2/c10-7-5-3-1-2-4-6(5)8(11)9-7/h1-2,5-6H,3-4H2,(H,9,10,11)/i1D,2D,3D2,5D/hD. The Morgan fingerprint density at radius 1 is 1.73 bits per heavy atom. The number of amides is 2. The molecule has 2 rings (SSSR count). The molecule has 0 bridgehead atoms. The Labute approximate surface area is 73.0 Å². The fourth-order valence-electron chi connectivity index (χ4n) is 1.11. The molecule has 0 aromatic heterocycles. The van der Waals surface area contributed by atoms with Crippen LogP contribution in [0.15, 0.2) is 12.1 Å². The molecular formula is C8H9NO2. The summed E-state index contributed by atoms with van der Waals surface area (Å²) in [6.45, 7) is 0. The van der Waals surface area contributed by atoms with Gasteiger partial charge in [-0.3, -0.25) is 14.9 Å². The van der Waals surface area contributed by atoms with E-state index in [1.165, 1.54) is 0 Å².